The summed E-state index contributed by atoms with van der Waals surface area (Å²) in [5, 5.41) is 3.13. The van der Waals surface area contributed by atoms with E-state index in [0.717, 1.165) is 0 Å². The quantitative estimate of drug-likeness (QED) is 0.870. The molecular formula is C13H16Cl2N2O2. The van der Waals surface area contributed by atoms with Gasteiger partial charge < -0.3 is 10.2 Å². The van der Waals surface area contributed by atoms with Crippen LogP contribution < -0.4 is 5.32 Å². The number of hydrogen-bond donors (Lipinski definition) is 1. The van der Waals surface area contributed by atoms with Crippen LogP contribution in [0.5, 0.6) is 0 Å². The summed E-state index contributed by atoms with van der Waals surface area (Å²) in [6, 6.07) is 4.75. The number of nitrogens with one attached hydrogen (secondary N) is 1. The standard InChI is InChI=1S/C13H16Cl2N2O2/c1-8(7-14)12(18)16-11-6-9(15)4-5-10(11)13(19)17(2)3/h4-6,8H,7H2,1-3H3,(H,16,18). The lowest BCUT2D eigenvalue weighted by molar-refractivity contribution is -0.118. The summed E-state index contributed by atoms with van der Waals surface area (Å²) in [6.07, 6.45) is 0. The van der Waals surface area contributed by atoms with Crippen molar-refractivity contribution in [2.24, 2.45) is 5.92 Å². The summed E-state index contributed by atoms with van der Waals surface area (Å²) in [5.74, 6) is -0.581. The van der Waals surface area contributed by atoms with E-state index in [1.807, 2.05) is 0 Å². The Morgan fingerprint density at radius 2 is 2.00 bits per heavy atom. The number of rotatable bonds is 4. The number of carbonyl (C=O) groups is 2. The van der Waals surface area contributed by atoms with Crippen LogP contribution in [-0.4, -0.2) is 36.7 Å². The van der Waals surface area contributed by atoms with Gasteiger partial charge in [0, 0.05) is 30.9 Å². The second kappa shape index (κ2) is 6.78. The number of carbonyl (C=O) groups excluding carboxylic acids is 2. The Labute approximate surface area is 122 Å². The largest absolute Gasteiger partial charge is 0.345 e. The third kappa shape index (κ3) is 4.11. The number of hydrogen-bond acceptors (Lipinski definition) is 2. The molecule has 2 amide bonds. The van der Waals surface area contributed by atoms with Crippen LogP contribution in [0.3, 0.4) is 0 Å². The minimum Gasteiger partial charge on any atom is -0.345 e. The van der Waals surface area contributed by atoms with Crippen LogP contribution in [-0.2, 0) is 4.79 Å². The molecule has 1 rings (SSSR count). The van der Waals surface area contributed by atoms with Crippen LogP contribution in [0.2, 0.25) is 5.02 Å². The van der Waals surface area contributed by atoms with Gasteiger partial charge in [0.25, 0.3) is 5.91 Å². The molecule has 0 aliphatic carbocycles. The predicted octanol–water partition coefficient (Wildman–Crippen LogP) is 2.86. The molecule has 6 heteroatoms. The maximum absolute atomic E-state index is 12.0. The summed E-state index contributed by atoms with van der Waals surface area (Å²) >= 11 is 11.5. The van der Waals surface area contributed by atoms with E-state index in [1.54, 1.807) is 39.2 Å². The lowest BCUT2D eigenvalue weighted by Crippen LogP contribution is -2.26. The molecule has 19 heavy (non-hydrogen) atoms. The minimum atomic E-state index is -0.344. The molecule has 1 atom stereocenters. The summed E-state index contributed by atoms with van der Waals surface area (Å²) in [5.41, 5.74) is 0.790. The normalized spacial score (nSPS) is 11.8. The number of anilines is 1. The van der Waals surface area contributed by atoms with Crippen molar-refractivity contribution in [2.45, 2.75) is 6.92 Å². The Morgan fingerprint density at radius 1 is 1.37 bits per heavy atom. The van der Waals surface area contributed by atoms with Crippen molar-refractivity contribution in [1.82, 2.24) is 4.90 Å². The van der Waals surface area contributed by atoms with E-state index in [9.17, 15) is 9.59 Å². The molecule has 1 N–H and O–H groups in total. The van der Waals surface area contributed by atoms with Crippen LogP contribution in [0.1, 0.15) is 17.3 Å². The number of benzene rings is 1. The predicted molar refractivity (Wildman–Crippen MR) is 78.0 cm³/mol. The first-order valence-electron chi connectivity index (χ1n) is 5.74. The fourth-order valence-electron chi connectivity index (χ4n) is 1.37. The highest BCUT2D eigenvalue weighted by atomic mass is 35.5. The monoisotopic (exact) mass is 302 g/mol. The number of alkyl halides is 1. The molecule has 0 aliphatic heterocycles. The highest BCUT2D eigenvalue weighted by molar-refractivity contribution is 6.31. The van der Waals surface area contributed by atoms with Crippen molar-refractivity contribution in [3.8, 4) is 0 Å². The molecule has 104 valence electrons. The average Bonchev–Trinajstić information content (AvgIpc) is 2.37. The van der Waals surface area contributed by atoms with Crippen molar-refractivity contribution in [1.29, 1.82) is 0 Å². The maximum Gasteiger partial charge on any atom is 0.255 e. The molecule has 0 spiro atoms. The van der Waals surface area contributed by atoms with Crippen molar-refractivity contribution in [2.75, 3.05) is 25.3 Å². The highest BCUT2D eigenvalue weighted by Crippen LogP contribution is 2.23. The molecule has 0 bridgehead atoms. The van der Waals surface area contributed by atoms with E-state index in [-0.39, 0.29) is 23.6 Å². The van der Waals surface area contributed by atoms with Gasteiger partial charge in [-0.15, -0.1) is 11.6 Å². The first-order chi connectivity index (χ1) is 8.86. The summed E-state index contributed by atoms with van der Waals surface area (Å²) in [7, 11) is 3.29. The van der Waals surface area contributed by atoms with Gasteiger partial charge in [0.1, 0.15) is 0 Å². The SMILES string of the molecule is CC(CCl)C(=O)Nc1cc(Cl)ccc1C(=O)N(C)C. The van der Waals surface area contributed by atoms with Gasteiger partial charge >= 0.3 is 0 Å². The lowest BCUT2D eigenvalue weighted by atomic mass is 10.1. The summed E-state index contributed by atoms with van der Waals surface area (Å²) < 4.78 is 0. The molecule has 0 saturated carbocycles. The van der Waals surface area contributed by atoms with E-state index in [1.165, 1.54) is 4.90 Å². The molecule has 0 aromatic heterocycles. The molecule has 1 aromatic rings. The number of nitrogens with zero attached hydrogens (tertiary/aromatic N) is 1. The van der Waals surface area contributed by atoms with Gasteiger partial charge in [-0.05, 0) is 18.2 Å². The van der Waals surface area contributed by atoms with Crippen LogP contribution in [0.15, 0.2) is 18.2 Å². The smallest absolute Gasteiger partial charge is 0.255 e. The maximum atomic E-state index is 12.0. The Balaban J connectivity index is 3.08. The van der Waals surface area contributed by atoms with Gasteiger partial charge in [-0.25, -0.2) is 0 Å². The molecule has 4 nitrogen and oxygen atoms in total. The summed E-state index contributed by atoms with van der Waals surface area (Å²) in [4.78, 5) is 25.3. The van der Waals surface area contributed by atoms with Gasteiger partial charge in [-0.1, -0.05) is 18.5 Å². The first kappa shape index (κ1) is 15.8. The molecule has 1 unspecified atom stereocenters. The second-order valence-corrected chi connectivity index (χ2v) is 5.18. The first-order valence-corrected chi connectivity index (χ1v) is 6.66. The highest BCUT2D eigenvalue weighted by Gasteiger charge is 2.18. The van der Waals surface area contributed by atoms with Crippen molar-refractivity contribution >= 4 is 40.7 Å². The van der Waals surface area contributed by atoms with Gasteiger partial charge in [-0.3, -0.25) is 9.59 Å². The second-order valence-electron chi connectivity index (χ2n) is 4.43. The zero-order valence-electron chi connectivity index (χ0n) is 11.0. The van der Waals surface area contributed by atoms with Crippen molar-refractivity contribution < 1.29 is 9.59 Å². The van der Waals surface area contributed by atoms with Gasteiger partial charge in [0.2, 0.25) is 5.91 Å². The molecule has 0 saturated heterocycles. The Hall–Kier alpha value is -1.26. The van der Waals surface area contributed by atoms with Crippen LogP contribution in [0.4, 0.5) is 5.69 Å². The fourth-order valence-corrected chi connectivity index (χ4v) is 1.69. The van der Waals surface area contributed by atoms with Gasteiger partial charge in [0.15, 0.2) is 0 Å². The zero-order chi connectivity index (χ0) is 14.6. The molecule has 1 aromatic carbocycles. The lowest BCUT2D eigenvalue weighted by Gasteiger charge is -2.16. The average molecular weight is 303 g/mol. The van der Waals surface area contributed by atoms with Crippen LogP contribution in [0, 0.1) is 5.92 Å². The summed E-state index contributed by atoms with van der Waals surface area (Å²) in [6.45, 7) is 1.71. The molecular weight excluding hydrogens is 287 g/mol. The molecule has 0 fully saturated rings. The van der Waals surface area contributed by atoms with Crippen LogP contribution >= 0.6 is 23.2 Å². The topological polar surface area (TPSA) is 49.4 Å². The zero-order valence-corrected chi connectivity index (χ0v) is 12.5. The van der Waals surface area contributed by atoms with Crippen molar-refractivity contribution in [3.05, 3.63) is 28.8 Å². The fraction of sp³-hybridized carbons (Fsp3) is 0.385. The minimum absolute atomic E-state index is 0.203. The van der Waals surface area contributed by atoms with Crippen LogP contribution in [0.25, 0.3) is 0 Å². The Morgan fingerprint density at radius 3 is 2.53 bits per heavy atom. The van der Waals surface area contributed by atoms with E-state index in [0.29, 0.717) is 16.3 Å². The van der Waals surface area contributed by atoms with E-state index in [2.05, 4.69) is 5.32 Å². The third-order valence-electron chi connectivity index (χ3n) is 2.56. The Kier molecular flexibility index (Phi) is 5.63. The number of halogens is 2. The third-order valence-corrected chi connectivity index (χ3v) is 3.25. The van der Waals surface area contributed by atoms with Gasteiger partial charge in [0.05, 0.1) is 11.3 Å². The van der Waals surface area contributed by atoms with Gasteiger partial charge in [-0.2, -0.15) is 0 Å². The van der Waals surface area contributed by atoms with E-state index < -0.39 is 0 Å². The van der Waals surface area contributed by atoms with Crippen molar-refractivity contribution in [3.63, 3.8) is 0 Å². The molecule has 0 radical (unpaired) electrons. The number of amides is 2. The molecule has 0 aliphatic rings. The van der Waals surface area contributed by atoms with E-state index in [4.69, 9.17) is 23.2 Å². The van der Waals surface area contributed by atoms with E-state index >= 15 is 0 Å². The molecule has 0 heterocycles. The Bertz CT molecular complexity index is 490.